The van der Waals surface area contributed by atoms with Crippen molar-refractivity contribution >= 4 is 28.1 Å². The molecule has 25 heavy (non-hydrogen) atoms. The van der Waals surface area contributed by atoms with Crippen LogP contribution < -0.4 is 10.3 Å². The van der Waals surface area contributed by atoms with Crippen molar-refractivity contribution in [2.45, 2.75) is 30.5 Å². The fourth-order valence-corrected chi connectivity index (χ4v) is 3.83. The normalized spacial score (nSPS) is 11.8. The highest BCUT2D eigenvalue weighted by atomic mass is 32.2. The summed E-state index contributed by atoms with van der Waals surface area (Å²) in [5.41, 5.74) is -0.256. The van der Waals surface area contributed by atoms with Gasteiger partial charge in [-0.05, 0) is 12.1 Å². The van der Waals surface area contributed by atoms with E-state index in [1.165, 1.54) is 33.7 Å². The van der Waals surface area contributed by atoms with Crippen LogP contribution in [0.25, 0.3) is 4.96 Å². The number of benzene rings is 1. The Kier molecular flexibility index (Phi) is 5.05. The Morgan fingerprint density at radius 2 is 2.04 bits per heavy atom. The van der Waals surface area contributed by atoms with Gasteiger partial charge in [-0.2, -0.15) is 4.52 Å². The maximum atomic E-state index is 13.5. The second kappa shape index (κ2) is 7.09. The van der Waals surface area contributed by atoms with E-state index >= 15 is 0 Å². The summed E-state index contributed by atoms with van der Waals surface area (Å²) in [5.74, 6) is 0.413. The van der Waals surface area contributed by atoms with Crippen molar-refractivity contribution in [3.63, 3.8) is 0 Å². The molecule has 132 valence electrons. The van der Waals surface area contributed by atoms with Crippen LogP contribution in [0.1, 0.15) is 26.5 Å². The smallest absolute Gasteiger partial charge is 0.297 e. The van der Waals surface area contributed by atoms with Gasteiger partial charge in [-0.15, -0.1) is 15.3 Å². The van der Waals surface area contributed by atoms with E-state index in [0.717, 1.165) is 0 Å². The Bertz CT molecular complexity index is 949. The van der Waals surface area contributed by atoms with Crippen LogP contribution in [0.5, 0.6) is 5.75 Å². The third-order valence-corrected chi connectivity index (χ3v) is 5.28. The van der Waals surface area contributed by atoms with Crippen molar-refractivity contribution in [2.75, 3.05) is 12.4 Å². The van der Waals surface area contributed by atoms with E-state index in [1.54, 1.807) is 18.2 Å². The van der Waals surface area contributed by atoms with Crippen LogP contribution in [0.3, 0.4) is 0 Å². The van der Waals surface area contributed by atoms with E-state index in [1.807, 2.05) is 20.8 Å². The molecule has 2 aromatic heterocycles. The van der Waals surface area contributed by atoms with Gasteiger partial charge in [0, 0.05) is 11.2 Å². The third-order valence-electron chi connectivity index (χ3n) is 3.29. The Labute approximate surface area is 152 Å². The zero-order valence-electron chi connectivity index (χ0n) is 14.0. The molecule has 0 spiro atoms. The highest BCUT2D eigenvalue weighted by molar-refractivity contribution is 8.01. The van der Waals surface area contributed by atoms with Crippen LogP contribution in [-0.4, -0.2) is 32.2 Å². The summed E-state index contributed by atoms with van der Waals surface area (Å²) < 4.78 is 20.8. The molecule has 0 N–H and O–H groups in total. The third kappa shape index (κ3) is 3.98. The quantitative estimate of drug-likeness (QED) is 0.500. The Hall–Kier alpha value is -2.00. The Balaban J connectivity index is 1.68. The first kappa shape index (κ1) is 17.8. The van der Waals surface area contributed by atoms with Crippen molar-refractivity contribution in [3.8, 4) is 5.75 Å². The van der Waals surface area contributed by atoms with Gasteiger partial charge in [-0.3, -0.25) is 4.79 Å². The number of hydrogen-bond donors (Lipinski definition) is 0. The number of nitrogens with zero attached hydrogens (tertiary/aromatic N) is 4. The average Bonchev–Trinajstić information content (AvgIpc) is 2.96. The molecule has 2 heterocycles. The van der Waals surface area contributed by atoms with E-state index in [-0.39, 0.29) is 17.1 Å². The van der Waals surface area contributed by atoms with E-state index < -0.39 is 5.41 Å². The summed E-state index contributed by atoms with van der Waals surface area (Å²) in [7, 11) is 0. The van der Waals surface area contributed by atoms with Gasteiger partial charge in [0.25, 0.3) is 5.56 Å². The number of thioether (sulfide) groups is 1. The van der Waals surface area contributed by atoms with Gasteiger partial charge in [0.05, 0.1) is 6.61 Å². The molecule has 0 radical (unpaired) electrons. The highest BCUT2D eigenvalue weighted by Crippen LogP contribution is 2.24. The number of fused-ring (bicyclic) bond motifs is 1. The number of aromatic nitrogens is 4. The number of para-hydroxylation sites is 1. The summed E-state index contributed by atoms with van der Waals surface area (Å²) in [5, 5.41) is 12.4. The number of rotatable bonds is 5. The van der Waals surface area contributed by atoms with Crippen molar-refractivity contribution in [3.05, 3.63) is 46.1 Å². The van der Waals surface area contributed by atoms with Gasteiger partial charge in [0.1, 0.15) is 5.69 Å². The first-order chi connectivity index (χ1) is 11.9. The molecule has 0 aliphatic rings. The van der Waals surface area contributed by atoms with Gasteiger partial charge >= 0.3 is 0 Å². The number of hydrogen-bond acceptors (Lipinski definition) is 7. The first-order valence-electron chi connectivity index (χ1n) is 7.63. The maximum absolute atomic E-state index is 13.5. The summed E-state index contributed by atoms with van der Waals surface area (Å²) in [6.07, 6.45) is 0. The zero-order valence-corrected chi connectivity index (χ0v) is 15.7. The monoisotopic (exact) mass is 380 g/mol. The lowest BCUT2D eigenvalue weighted by atomic mass is 9.93. The molecule has 6 nitrogen and oxygen atoms in total. The van der Waals surface area contributed by atoms with Gasteiger partial charge < -0.3 is 4.74 Å². The summed E-state index contributed by atoms with van der Waals surface area (Å²) in [6.45, 7) is 6.06. The molecule has 0 atom stereocenters. The minimum absolute atomic E-state index is 0.226. The van der Waals surface area contributed by atoms with E-state index in [2.05, 4.69) is 15.3 Å². The fourth-order valence-electron chi connectivity index (χ4n) is 2.07. The maximum Gasteiger partial charge on any atom is 0.297 e. The zero-order chi connectivity index (χ0) is 18.0. The molecular formula is C16H17FN4O2S2. The topological polar surface area (TPSA) is 69.4 Å². The van der Waals surface area contributed by atoms with Crippen LogP contribution in [0, 0.1) is 5.82 Å². The fraction of sp³-hybridized carbons (Fsp3) is 0.375. The van der Waals surface area contributed by atoms with Crippen molar-refractivity contribution in [1.82, 2.24) is 19.8 Å². The largest absolute Gasteiger partial charge is 0.490 e. The van der Waals surface area contributed by atoms with E-state index in [0.29, 0.717) is 27.4 Å². The molecule has 3 aromatic rings. The predicted molar refractivity (Wildman–Crippen MR) is 96.2 cm³/mol. The van der Waals surface area contributed by atoms with Crippen LogP contribution in [0.4, 0.5) is 4.39 Å². The summed E-state index contributed by atoms with van der Waals surface area (Å²) in [6, 6.07) is 6.27. The summed E-state index contributed by atoms with van der Waals surface area (Å²) >= 11 is 2.72. The standard InChI is InChI=1S/C16H17FN4O2S2/c1-16(2,3)12-13(22)21-14(19-18-12)25-15(20-21)24-9-8-23-11-7-5-4-6-10(11)17/h4-7H,8-9H2,1-3H3. The molecule has 1 aromatic carbocycles. The van der Waals surface area contributed by atoms with Crippen LogP contribution >= 0.6 is 23.1 Å². The molecular weight excluding hydrogens is 363 g/mol. The van der Waals surface area contributed by atoms with Crippen molar-refractivity contribution < 1.29 is 9.13 Å². The lowest BCUT2D eigenvalue weighted by Gasteiger charge is -2.14. The van der Waals surface area contributed by atoms with Gasteiger partial charge in [-0.1, -0.05) is 56.0 Å². The minimum Gasteiger partial charge on any atom is -0.490 e. The lowest BCUT2D eigenvalue weighted by Crippen LogP contribution is -2.30. The number of ether oxygens (including phenoxy) is 1. The molecule has 3 rings (SSSR count). The van der Waals surface area contributed by atoms with Crippen molar-refractivity contribution in [2.24, 2.45) is 0 Å². The van der Waals surface area contributed by atoms with Crippen LogP contribution in [0.2, 0.25) is 0 Å². The molecule has 9 heteroatoms. The second-order valence-corrected chi connectivity index (χ2v) is 8.59. The van der Waals surface area contributed by atoms with Crippen LogP contribution in [0.15, 0.2) is 33.4 Å². The Morgan fingerprint density at radius 3 is 2.76 bits per heavy atom. The van der Waals surface area contributed by atoms with Crippen LogP contribution in [-0.2, 0) is 5.41 Å². The van der Waals surface area contributed by atoms with E-state index in [4.69, 9.17) is 4.74 Å². The molecule has 0 aliphatic carbocycles. The van der Waals surface area contributed by atoms with Gasteiger partial charge in [-0.25, -0.2) is 4.39 Å². The SMILES string of the molecule is CC(C)(C)c1nnc2sc(SCCOc3ccccc3F)nn2c1=O. The van der Waals surface area contributed by atoms with Gasteiger partial charge in [0.15, 0.2) is 15.9 Å². The number of halogens is 1. The molecule has 0 unspecified atom stereocenters. The Morgan fingerprint density at radius 1 is 1.28 bits per heavy atom. The minimum atomic E-state index is -0.393. The summed E-state index contributed by atoms with van der Waals surface area (Å²) in [4.78, 5) is 12.9. The van der Waals surface area contributed by atoms with E-state index in [9.17, 15) is 9.18 Å². The molecule has 0 fully saturated rings. The van der Waals surface area contributed by atoms with Crippen molar-refractivity contribution in [1.29, 1.82) is 0 Å². The molecule has 0 aliphatic heterocycles. The predicted octanol–water partition coefficient (Wildman–Crippen LogP) is 3.15. The molecule has 0 saturated carbocycles. The molecule has 0 saturated heterocycles. The molecule has 0 bridgehead atoms. The lowest BCUT2D eigenvalue weighted by molar-refractivity contribution is 0.325. The first-order valence-corrected chi connectivity index (χ1v) is 9.43. The van der Waals surface area contributed by atoms with Gasteiger partial charge in [0.2, 0.25) is 4.96 Å². The average molecular weight is 380 g/mol. The molecule has 0 amide bonds. The highest BCUT2D eigenvalue weighted by Gasteiger charge is 2.23. The second-order valence-electron chi connectivity index (χ2n) is 6.29.